The van der Waals surface area contributed by atoms with Crippen LogP contribution in [0.4, 0.5) is 0 Å². The molecular formula is C26H24ClNO6. The molecular weight excluding hydrogens is 458 g/mol. The normalized spacial score (nSPS) is 12.2. The Labute approximate surface area is 200 Å². The fourth-order valence-electron chi connectivity index (χ4n) is 4.04. The maximum Gasteiger partial charge on any atom is 0.340 e. The Morgan fingerprint density at radius 2 is 1.85 bits per heavy atom. The predicted molar refractivity (Wildman–Crippen MR) is 130 cm³/mol. The predicted octanol–water partition coefficient (Wildman–Crippen LogP) is 5.47. The number of furan rings is 1. The number of carbonyl (C=O) groups excluding carboxylic acids is 1. The van der Waals surface area contributed by atoms with Gasteiger partial charge in [-0.15, -0.1) is 0 Å². The Morgan fingerprint density at radius 3 is 2.53 bits per heavy atom. The third kappa shape index (κ3) is 4.70. The zero-order valence-electron chi connectivity index (χ0n) is 18.8. The zero-order chi connectivity index (χ0) is 24.4. The van der Waals surface area contributed by atoms with Crippen LogP contribution in [0.5, 0.6) is 0 Å². The maximum atomic E-state index is 12.7. The lowest BCUT2D eigenvalue weighted by Crippen LogP contribution is -2.42. The first kappa shape index (κ1) is 23.6. The highest BCUT2D eigenvalue weighted by Crippen LogP contribution is 2.35. The molecule has 0 saturated heterocycles. The molecule has 0 spiro atoms. The maximum absolute atomic E-state index is 12.7. The average Bonchev–Trinajstić information content (AvgIpc) is 3.21. The van der Waals surface area contributed by atoms with Crippen LogP contribution in [-0.4, -0.2) is 23.0 Å². The zero-order valence-corrected chi connectivity index (χ0v) is 19.6. The summed E-state index contributed by atoms with van der Waals surface area (Å²) in [6, 6.07) is 9.91. The summed E-state index contributed by atoms with van der Waals surface area (Å²) in [5.41, 5.74) is 2.85. The van der Waals surface area contributed by atoms with Crippen molar-refractivity contribution < 1.29 is 23.5 Å². The van der Waals surface area contributed by atoms with Gasteiger partial charge in [-0.05, 0) is 42.7 Å². The lowest BCUT2D eigenvalue weighted by atomic mass is 9.99. The Morgan fingerprint density at radius 1 is 1.12 bits per heavy atom. The molecule has 0 aliphatic heterocycles. The van der Waals surface area contributed by atoms with Crippen molar-refractivity contribution in [2.45, 2.75) is 45.6 Å². The van der Waals surface area contributed by atoms with Gasteiger partial charge in [-0.1, -0.05) is 43.5 Å². The minimum absolute atomic E-state index is 0.195. The number of unbranched alkanes of at least 4 members (excludes halogenated alkanes) is 1. The molecule has 2 N–H and O–H groups in total. The standard InChI is InChI=1S/C26H24ClNO6/c1-3-4-5-21(25(30)31)28-24(29)11-18-14(2)17-10-19-20(15-6-8-16(27)9-7-15)13-33-22(19)12-23(17)34-26(18)32/h6-10,12-13,21H,3-5,11H2,1-2H3,(H,28,29)(H,30,31)/t21-/m0/s1. The summed E-state index contributed by atoms with van der Waals surface area (Å²) in [4.78, 5) is 36.7. The van der Waals surface area contributed by atoms with Crippen LogP contribution >= 0.6 is 11.6 Å². The van der Waals surface area contributed by atoms with E-state index in [2.05, 4.69) is 5.32 Å². The monoisotopic (exact) mass is 481 g/mol. The van der Waals surface area contributed by atoms with Gasteiger partial charge in [0.15, 0.2) is 0 Å². The number of hydrogen-bond acceptors (Lipinski definition) is 5. The van der Waals surface area contributed by atoms with Crippen molar-refractivity contribution >= 4 is 45.4 Å². The number of nitrogens with one attached hydrogen (secondary N) is 1. The molecule has 2 heterocycles. The molecule has 0 bridgehead atoms. The molecule has 1 amide bonds. The number of halogens is 1. The van der Waals surface area contributed by atoms with Gasteiger partial charge in [0.2, 0.25) is 5.91 Å². The van der Waals surface area contributed by atoms with Gasteiger partial charge in [0.25, 0.3) is 0 Å². The van der Waals surface area contributed by atoms with Crippen LogP contribution in [-0.2, 0) is 16.0 Å². The SMILES string of the molecule is CCCC[C@H](NC(=O)Cc1c(C)c2cc3c(-c4ccc(Cl)cc4)coc3cc2oc1=O)C(=O)O. The molecule has 4 rings (SSSR count). The first-order chi connectivity index (χ1) is 16.3. The summed E-state index contributed by atoms with van der Waals surface area (Å²) in [7, 11) is 0. The number of benzene rings is 2. The molecule has 0 aliphatic rings. The van der Waals surface area contributed by atoms with Crippen molar-refractivity contribution in [3.63, 3.8) is 0 Å². The first-order valence-corrected chi connectivity index (χ1v) is 11.4. The fraction of sp³-hybridized carbons (Fsp3) is 0.269. The van der Waals surface area contributed by atoms with Crippen LogP contribution in [0.3, 0.4) is 0 Å². The van der Waals surface area contributed by atoms with E-state index in [4.69, 9.17) is 20.4 Å². The molecule has 0 aliphatic carbocycles. The number of hydrogen-bond donors (Lipinski definition) is 2. The van der Waals surface area contributed by atoms with Gasteiger partial charge in [0.1, 0.15) is 17.2 Å². The van der Waals surface area contributed by atoms with E-state index in [9.17, 15) is 19.5 Å². The van der Waals surface area contributed by atoms with E-state index in [1.807, 2.05) is 25.1 Å². The van der Waals surface area contributed by atoms with E-state index >= 15 is 0 Å². The number of carbonyl (C=O) groups is 2. The van der Waals surface area contributed by atoms with Crippen molar-refractivity contribution in [1.82, 2.24) is 5.32 Å². The lowest BCUT2D eigenvalue weighted by Gasteiger charge is -2.14. The van der Waals surface area contributed by atoms with Gasteiger partial charge in [-0.3, -0.25) is 4.79 Å². The second-order valence-corrected chi connectivity index (χ2v) is 8.71. The van der Waals surface area contributed by atoms with E-state index in [-0.39, 0.29) is 12.0 Å². The molecule has 34 heavy (non-hydrogen) atoms. The molecule has 2 aromatic carbocycles. The van der Waals surface area contributed by atoms with Gasteiger partial charge in [0, 0.05) is 27.4 Å². The topological polar surface area (TPSA) is 110 Å². The smallest absolute Gasteiger partial charge is 0.340 e. The van der Waals surface area contributed by atoms with E-state index in [1.165, 1.54) is 0 Å². The Bertz CT molecular complexity index is 1430. The highest BCUT2D eigenvalue weighted by molar-refractivity contribution is 6.30. The average molecular weight is 482 g/mol. The van der Waals surface area contributed by atoms with Gasteiger partial charge in [-0.2, -0.15) is 0 Å². The Balaban J connectivity index is 1.71. The molecule has 0 fully saturated rings. The van der Waals surface area contributed by atoms with Crippen LogP contribution < -0.4 is 10.9 Å². The largest absolute Gasteiger partial charge is 0.480 e. The third-order valence-corrected chi connectivity index (χ3v) is 6.21. The van der Waals surface area contributed by atoms with E-state index in [1.54, 1.807) is 31.4 Å². The van der Waals surface area contributed by atoms with Gasteiger partial charge in [0.05, 0.1) is 18.2 Å². The molecule has 0 unspecified atom stereocenters. The van der Waals surface area contributed by atoms with Crippen LogP contribution in [0.25, 0.3) is 33.1 Å². The second-order valence-electron chi connectivity index (χ2n) is 8.27. The molecule has 0 radical (unpaired) electrons. The number of aliphatic carboxylic acids is 1. The van der Waals surface area contributed by atoms with Crippen LogP contribution in [0.15, 0.2) is 56.3 Å². The minimum atomic E-state index is -1.10. The summed E-state index contributed by atoms with van der Waals surface area (Å²) < 4.78 is 11.2. The number of rotatable bonds is 8. The fourth-order valence-corrected chi connectivity index (χ4v) is 4.16. The van der Waals surface area contributed by atoms with Crippen LogP contribution in [0.1, 0.15) is 37.3 Å². The van der Waals surface area contributed by atoms with Crippen molar-refractivity contribution in [3.05, 3.63) is 69.2 Å². The Hall–Kier alpha value is -3.58. The van der Waals surface area contributed by atoms with Gasteiger partial charge >= 0.3 is 11.6 Å². The Kier molecular flexibility index (Phi) is 6.75. The van der Waals surface area contributed by atoms with Crippen molar-refractivity contribution in [2.24, 2.45) is 0 Å². The van der Waals surface area contributed by atoms with E-state index in [0.29, 0.717) is 40.0 Å². The molecule has 8 heteroatoms. The summed E-state index contributed by atoms with van der Waals surface area (Å²) in [5.74, 6) is -1.63. The number of aryl methyl sites for hydroxylation is 1. The molecule has 2 aromatic heterocycles. The number of carboxylic acid groups (broad SMARTS) is 1. The summed E-state index contributed by atoms with van der Waals surface area (Å²) in [6.45, 7) is 3.70. The van der Waals surface area contributed by atoms with Crippen LogP contribution in [0, 0.1) is 6.92 Å². The third-order valence-electron chi connectivity index (χ3n) is 5.95. The molecule has 4 aromatic rings. The number of carboxylic acids is 1. The second kappa shape index (κ2) is 9.73. The van der Waals surface area contributed by atoms with Crippen molar-refractivity contribution in [2.75, 3.05) is 0 Å². The molecule has 0 saturated carbocycles. The lowest BCUT2D eigenvalue weighted by molar-refractivity contribution is -0.142. The van der Waals surface area contributed by atoms with Gasteiger partial charge < -0.3 is 19.3 Å². The van der Waals surface area contributed by atoms with Crippen molar-refractivity contribution in [1.29, 1.82) is 0 Å². The number of amides is 1. The van der Waals surface area contributed by atoms with Gasteiger partial charge in [-0.25, -0.2) is 9.59 Å². The van der Waals surface area contributed by atoms with Crippen LogP contribution in [0.2, 0.25) is 5.02 Å². The number of fused-ring (bicyclic) bond motifs is 2. The summed E-state index contributed by atoms with van der Waals surface area (Å²) in [6.07, 6.45) is 3.18. The minimum Gasteiger partial charge on any atom is -0.480 e. The molecule has 176 valence electrons. The van der Waals surface area contributed by atoms with Crippen molar-refractivity contribution in [3.8, 4) is 11.1 Å². The van der Waals surface area contributed by atoms with E-state index < -0.39 is 23.5 Å². The summed E-state index contributed by atoms with van der Waals surface area (Å²) >= 11 is 6.01. The molecule has 1 atom stereocenters. The highest BCUT2D eigenvalue weighted by atomic mass is 35.5. The van der Waals surface area contributed by atoms with E-state index in [0.717, 1.165) is 22.9 Å². The first-order valence-electron chi connectivity index (χ1n) is 11.0. The highest BCUT2D eigenvalue weighted by Gasteiger charge is 2.22. The summed E-state index contributed by atoms with van der Waals surface area (Å²) in [5, 5.41) is 14.0. The quantitative estimate of drug-likeness (QED) is 0.323. The molecule has 7 nitrogen and oxygen atoms in total.